The maximum Gasteiger partial charge on any atom is 0.143 e. The second kappa shape index (κ2) is 4.34. The Labute approximate surface area is 117 Å². The summed E-state index contributed by atoms with van der Waals surface area (Å²) in [7, 11) is 0. The van der Waals surface area contributed by atoms with E-state index in [2.05, 4.69) is 50.6 Å². The van der Waals surface area contributed by atoms with Crippen LogP contribution in [-0.4, -0.2) is 15.0 Å². The normalized spacial score (nSPS) is 17.4. The summed E-state index contributed by atoms with van der Waals surface area (Å²) in [5.41, 5.74) is 4.84. The number of anilines is 1. The van der Waals surface area contributed by atoms with Crippen LogP contribution < -0.4 is 5.32 Å². The first-order valence-electron chi connectivity index (χ1n) is 6.96. The van der Waals surface area contributed by atoms with Crippen molar-refractivity contribution in [2.75, 3.05) is 5.32 Å². The molecule has 0 fully saturated rings. The van der Waals surface area contributed by atoms with Crippen LogP contribution in [0.4, 0.5) is 5.82 Å². The number of aromatic nitrogens is 3. The molecule has 3 aromatic rings. The third-order valence-electron chi connectivity index (χ3n) is 4.00. The molecule has 2 aromatic heterocycles. The van der Waals surface area contributed by atoms with Gasteiger partial charge in [-0.05, 0) is 37.0 Å². The first kappa shape index (κ1) is 11.5. The number of nitrogens with one attached hydrogen (secondary N) is 2. The Balaban J connectivity index is 1.72. The molecule has 100 valence electrons. The maximum absolute atomic E-state index is 4.41. The smallest absolute Gasteiger partial charge is 0.143 e. The van der Waals surface area contributed by atoms with Gasteiger partial charge >= 0.3 is 0 Å². The molecule has 0 bridgehead atoms. The molecule has 2 heterocycles. The fourth-order valence-electron chi connectivity index (χ4n) is 3.06. The molecular formula is C16H16N4. The van der Waals surface area contributed by atoms with E-state index in [1.54, 1.807) is 6.33 Å². The lowest BCUT2D eigenvalue weighted by molar-refractivity contribution is 0.758. The van der Waals surface area contributed by atoms with Gasteiger partial charge in [0.2, 0.25) is 0 Å². The molecule has 0 radical (unpaired) electrons. The Morgan fingerprint density at radius 3 is 3.10 bits per heavy atom. The summed E-state index contributed by atoms with van der Waals surface area (Å²) in [5.74, 6) is 0.918. The third kappa shape index (κ3) is 1.76. The van der Waals surface area contributed by atoms with Crippen molar-refractivity contribution in [2.24, 2.45) is 0 Å². The molecule has 0 aliphatic heterocycles. The number of fused-ring (bicyclic) bond motifs is 2. The summed E-state index contributed by atoms with van der Waals surface area (Å²) in [6.45, 7) is 2.04. The number of aromatic amines is 1. The number of rotatable bonds is 2. The van der Waals surface area contributed by atoms with E-state index in [0.717, 1.165) is 35.4 Å². The van der Waals surface area contributed by atoms with E-state index in [4.69, 9.17) is 0 Å². The largest absolute Gasteiger partial charge is 0.363 e. The highest BCUT2D eigenvalue weighted by atomic mass is 15.1. The van der Waals surface area contributed by atoms with Gasteiger partial charge in [-0.2, -0.15) is 0 Å². The van der Waals surface area contributed by atoms with Crippen LogP contribution in [0.25, 0.3) is 11.0 Å². The van der Waals surface area contributed by atoms with Gasteiger partial charge in [0.05, 0.1) is 11.4 Å². The zero-order chi connectivity index (χ0) is 13.5. The molecule has 0 spiro atoms. The topological polar surface area (TPSA) is 53.6 Å². The summed E-state index contributed by atoms with van der Waals surface area (Å²) in [6, 6.07) is 11.1. The highest BCUT2D eigenvalue weighted by Gasteiger charge is 2.22. The first-order valence-corrected chi connectivity index (χ1v) is 6.96. The Hall–Kier alpha value is -2.36. The lowest BCUT2D eigenvalue weighted by Crippen LogP contribution is -2.08. The van der Waals surface area contributed by atoms with Gasteiger partial charge in [-0.3, -0.25) is 0 Å². The molecule has 0 amide bonds. The number of hydrogen-bond acceptors (Lipinski definition) is 3. The third-order valence-corrected chi connectivity index (χ3v) is 4.00. The van der Waals surface area contributed by atoms with Gasteiger partial charge in [0.1, 0.15) is 17.8 Å². The second-order valence-electron chi connectivity index (χ2n) is 5.37. The molecule has 1 atom stereocenters. The molecule has 4 heteroatoms. The zero-order valence-electron chi connectivity index (χ0n) is 11.4. The van der Waals surface area contributed by atoms with Crippen molar-refractivity contribution in [3.8, 4) is 0 Å². The monoisotopic (exact) mass is 264 g/mol. The number of hydrogen-bond donors (Lipinski definition) is 2. The van der Waals surface area contributed by atoms with Crippen molar-refractivity contribution in [1.29, 1.82) is 0 Å². The minimum atomic E-state index is 0.347. The molecule has 0 unspecified atom stereocenters. The first-order chi connectivity index (χ1) is 9.81. The fraction of sp³-hybridized carbons (Fsp3) is 0.250. The summed E-state index contributed by atoms with van der Waals surface area (Å²) < 4.78 is 0. The second-order valence-corrected chi connectivity index (χ2v) is 5.37. The van der Waals surface area contributed by atoms with Crippen LogP contribution >= 0.6 is 0 Å². The standard InChI is InChI=1S/C16H16N4/c1-10-8-13-15(19-10)17-9-18-16(13)20-14-7-6-11-4-2-3-5-12(11)14/h2-5,8-9,14H,6-7H2,1H3,(H2,17,18,19,20)/t14-/m1/s1. The fourth-order valence-corrected chi connectivity index (χ4v) is 3.06. The minimum Gasteiger partial charge on any atom is -0.363 e. The average Bonchev–Trinajstić information content (AvgIpc) is 3.03. The lowest BCUT2D eigenvalue weighted by Gasteiger charge is -2.15. The van der Waals surface area contributed by atoms with E-state index in [1.807, 2.05) is 6.92 Å². The predicted molar refractivity (Wildman–Crippen MR) is 79.8 cm³/mol. The van der Waals surface area contributed by atoms with Crippen molar-refractivity contribution in [3.05, 3.63) is 53.5 Å². The lowest BCUT2D eigenvalue weighted by atomic mass is 10.1. The molecule has 1 aliphatic rings. The van der Waals surface area contributed by atoms with E-state index in [-0.39, 0.29) is 0 Å². The van der Waals surface area contributed by atoms with Crippen molar-refractivity contribution in [2.45, 2.75) is 25.8 Å². The maximum atomic E-state index is 4.41. The summed E-state index contributed by atoms with van der Waals surface area (Å²) in [6.07, 6.45) is 3.87. The van der Waals surface area contributed by atoms with Gasteiger partial charge in [0, 0.05) is 5.69 Å². The molecule has 4 nitrogen and oxygen atoms in total. The summed E-state index contributed by atoms with van der Waals surface area (Å²) in [5, 5.41) is 4.65. The number of H-pyrrole nitrogens is 1. The van der Waals surface area contributed by atoms with Crippen LogP contribution in [0, 0.1) is 6.92 Å². The Morgan fingerprint density at radius 1 is 1.25 bits per heavy atom. The van der Waals surface area contributed by atoms with E-state index in [1.165, 1.54) is 11.1 Å². The van der Waals surface area contributed by atoms with Crippen molar-refractivity contribution < 1.29 is 0 Å². The van der Waals surface area contributed by atoms with Crippen molar-refractivity contribution in [1.82, 2.24) is 15.0 Å². The highest BCUT2D eigenvalue weighted by molar-refractivity contribution is 5.87. The van der Waals surface area contributed by atoms with Gasteiger partial charge in [-0.1, -0.05) is 24.3 Å². The van der Waals surface area contributed by atoms with Crippen LogP contribution in [0.2, 0.25) is 0 Å². The molecule has 1 aliphatic carbocycles. The predicted octanol–water partition coefficient (Wildman–Crippen LogP) is 3.37. The van der Waals surface area contributed by atoms with Crippen LogP contribution in [0.1, 0.15) is 29.3 Å². The molecule has 4 rings (SSSR count). The Morgan fingerprint density at radius 2 is 2.15 bits per heavy atom. The Kier molecular flexibility index (Phi) is 2.49. The summed E-state index contributed by atoms with van der Waals surface area (Å²) >= 11 is 0. The van der Waals surface area contributed by atoms with Gasteiger partial charge in [0.15, 0.2) is 0 Å². The van der Waals surface area contributed by atoms with Gasteiger partial charge < -0.3 is 10.3 Å². The van der Waals surface area contributed by atoms with E-state index < -0.39 is 0 Å². The van der Waals surface area contributed by atoms with Crippen molar-refractivity contribution >= 4 is 16.9 Å². The molecule has 20 heavy (non-hydrogen) atoms. The van der Waals surface area contributed by atoms with E-state index >= 15 is 0 Å². The minimum absolute atomic E-state index is 0.347. The molecule has 2 N–H and O–H groups in total. The number of benzene rings is 1. The Bertz CT molecular complexity index is 775. The van der Waals surface area contributed by atoms with Gasteiger partial charge in [0.25, 0.3) is 0 Å². The average molecular weight is 264 g/mol. The van der Waals surface area contributed by atoms with E-state index in [0.29, 0.717) is 6.04 Å². The molecule has 1 aromatic carbocycles. The number of aryl methyl sites for hydroxylation is 2. The highest BCUT2D eigenvalue weighted by Crippen LogP contribution is 2.34. The zero-order valence-corrected chi connectivity index (χ0v) is 11.4. The van der Waals surface area contributed by atoms with Gasteiger partial charge in [-0.15, -0.1) is 0 Å². The number of nitrogens with zero attached hydrogens (tertiary/aromatic N) is 2. The van der Waals surface area contributed by atoms with Gasteiger partial charge in [-0.25, -0.2) is 9.97 Å². The molecular weight excluding hydrogens is 248 g/mol. The van der Waals surface area contributed by atoms with Crippen molar-refractivity contribution in [3.63, 3.8) is 0 Å². The molecule has 0 saturated carbocycles. The quantitative estimate of drug-likeness (QED) is 0.746. The molecule has 0 saturated heterocycles. The SMILES string of the molecule is Cc1cc2c(N[C@@H]3CCc4ccccc43)ncnc2[nH]1. The summed E-state index contributed by atoms with van der Waals surface area (Å²) in [4.78, 5) is 11.9. The van der Waals surface area contributed by atoms with E-state index in [9.17, 15) is 0 Å². The van der Waals surface area contributed by atoms with Crippen LogP contribution in [0.5, 0.6) is 0 Å². The van der Waals surface area contributed by atoms with Crippen LogP contribution in [-0.2, 0) is 6.42 Å². The van der Waals surface area contributed by atoms with Crippen LogP contribution in [0.3, 0.4) is 0 Å². The van der Waals surface area contributed by atoms with Crippen LogP contribution in [0.15, 0.2) is 36.7 Å².